The lowest BCUT2D eigenvalue weighted by atomic mass is 9.44. The number of aliphatic hydroxyl groups excluding tert-OH is 2. The Bertz CT molecular complexity index is 673. The molecule has 0 bridgehead atoms. The molecule has 0 spiro atoms. The van der Waals surface area contributed by atoms with Gasteiger partial charge in [-0.2, -0.15) is 0 Å². The van der Waals surface area contributed by atoms with Crippen LogP contribution in [0.15, 0.2) is 0 Å². The summed E-state index contributed by atoms with van der Waals surface area (Å²) in [7, 11) is 0. The zero-order valence-corrected chi connectivity index (χ0v) is 20.9. The van der Waals surface area contributed by atoms with Gasteiger partial charge >= 0.3 is 0 Å². The molecule has 4 aliphatic rings. The van der Waals surface area contributed by atoms with E-state index in [9.17, 15) is 15.0 Å². The van der Waals surface area contributed by atoms with Gasteiger partial charge in [0, 0.05) is 12.8 Å². The molecule has 4 rings (SSSR count). The summed E-state index contributed by atoms with van der Waals surface area (Å²) >= 11 is 0. The van der Waals surface area contributed by atoms with Crippen LogP contribution in [0.4, 0.5) is 0 Å². The highest BCUT2D eigenvalue weighted by Crippen LogP contribution is 2.68. The van der Waals surface area contributed by atoms with E-state index >= 15 is 0 Å². The minimum Gasteiger partial charge on any atom is -0.390 e. The standard InChI is InChI=1S/C28H48O3/c1-16(2)17(3)25(30)26(31)18(4)22-9-10-23-21-8-7-19-15-20(29)11-13-27(19,5)24(21)12-14-28(22,23)6/h16-19,21-26,30-31H,7-15H2,1-6H3/t17-,18-,19-,21-,22+,23-,24+,25+,26+,27+,28-/m0/s1. The molecule has 0 aromatic rings. The van der Waals surface area contributed by atoms with Gasteiger partial charge in [0.05, 0.1) is 12.2 Å². The normalized spacial score (nSPS) is 46.6. The fourth-order valence-corrected chi connectivity index (χ4v) is 9.20. The number of aliphatic hydroxyl groups is 2. The molecule has 3 nitrogen and oxygen atoms in total. The van der Waals surface area contributed by atoms with E-state index in [4.69, 9.17) is 0 Å². The smallest absolute Gasteiger partial charge is 0.133 e. The van der Waals surface area contributed by atoms with Gasteiger partial charge in [0.25, 0.3) is 0 Å². The fraction of sp³-hybridized carbons (Fsp3) is 0.964. The monoisotopic (exact) mass is 432 g/mol. The van der Waals surface area contributed by atoms with E-state index in [0.29, 0.717) is 29.0 Å². The zero-order chi connectivity index (χ0) is 22.7. The Labute approximate surface area is 190 Å². The summed E-state index contributed by atoms with van der Waals surface area (Å²) < 4.78 is 0. The summed E-state index contributed by atoms with van der Waals surface area (Å²) in [5.74, 6) is 4.57. The second-order valence-electron chi connectivity index (χ2n) is 13.1. The first-order chi connectivity index (χ1) is 14.5. The van der Waals surface area contributed by atoms with Gasteiger partial charge in [-0.05, 0) is 103 Å². The highest BCUT2D eigenvalue weighted by Gasteiger charge is 2.61. The Hall–Kier alpha value is -0.410. The molecule has 3 heteroatoms. The van der Waals surface area contributed by atoms with E-state index in [1.165, 1.54) is 38.5 Å². The number of ketones is 1. The third-order valence-electron chi connectivity index (χ3n) is 11.7. The molecular formula is C28H48O3. The Balaban J connectivity index is 1.51. The maximum absolute atomic E-state index is 12.1. The van der Waals surface area contributed by atoms with Gasteiger partial charge in [-0.25, -0.2) is 0 Å². The molecule has 31 heavy (non-hydrogen) atoms. The third-order valence-corrected chi connectivity index (χ3v) is 11.7. The second-order valence-corrected chi connectivity index (χ2v) is 13.1. The predicted molar refractivity (Wildman–Crippen MR) is 125 cm³/mol. The average molecular weight is 433 g/mol. The molecule has 0 aromatic carbocycles. The molecule has 4 fully saturated rings. The van der Waals surface area contributed by atoms with Crippen LogP contribution in [-0.4, -0.2) is 28.2 Å². The summed E-state index contributed by atoms with van der Waals surface area (Å²) in [6.45, 7) is 13.6. The fourth-order valence-electron chi connectivity index (χ4n) is 9.20. The highest BCUT2D eigenvalue weighted by atomic mass is 16.3. The van der Waals surface area contributed by atoms with Gasteiger partial charge in [-0.1, -0.05) is 41.5 Å². The molecule has 4 aliphatic carbocycles. The summed E-state index contributed by atoms with van der Waals surface area (Å²) in [4.78, 5) is 12.1. The minimum atomic E-state index is -0.636. The van der Waals surface area contributed by atoms with Crippen LogP contribution in [0.25, 0.3) is 0 Å². The summed E-state index contributed by atoms with van der Waals surface area (Å²) in [6, 6.07) is 0. The Morgan fingerprint density at radius 2 is 1.52 bits per heavy atom. The van der Waals surface area contributed by atoms with Crippen LogP contribution in [0.3, 0.4) is 0 Å². The Kier molecular flexibility index (Phi) is 6.45. The number of carbonyl (C=O) groups excluding carboxylic acids is 1. The SMILES string of the molecule is CC(C)[C@H](C)[C@@H](O)[C@H](O)[C@@H](C)[C@H]1CC[C@H]2[C@@H]3CC[C@H]4CC(=O)CC[C@@]4(C)[C@@H]3CC[C@@]12C. The van der Waals surface area contributed by atoms with Crippen molar-refractivity contribution in [2.24, 2.45) is 58.2 Å². The van der Waals surface area contributed by atoms with Crippen LogP contribution >= 0.6 is 0 Å². The van der Waals surface area contributed by atoms with Crippen LogP contribution in [0.2, 0.25) is 0 Å². The van der Waals surface area contributed by atoms with Gasteiger partial charge in [0.2, 0.25) is 0 Å². The highest BCUT2D eigenvalue weighted by molar-refractivity contribution is 5.79. The topological polar surface area (TPSA) is 57.5 Å². The first-order valence-corrected chi connectivity index (χ1v) is 13.4. The molecule has 4 saturated carbocycles. The largest absolute Gasteiger partial charge is 0.390 e. The van der Waals surface area contributed by atoms with E-state index in [2.05, 4.69) is 41.5 Å². The van der Waals surface area contributed by atoms with Crippen molar-refractivity contribution < 1.29 is 15.0 Å². The molecule has 2 N–H and O–H groups in total. The van der Waals surface area contributed by atoms with E-state index in [-0.39, 0.29) is 17.3 Å². The Morgan fingerprint density at radius 1 is 0.839 bits per heavy atom. The minimum absolute atomic E-state index is 0.113. The van der Waals surface area contributed by atoms with Crippen molar-refractivity contribution in [2.75, 3.05) is 0 Å². The molecule has 0 aliphatic heterocycles. The first kappa shape index (κ1) is 23.7. The number of hydrogen-bond acceptors (Lipinski definition) is 3. The van der Waals surface area contributed by atoms with Crippen LogP contribution in [0.1, 0.15) is 99.3 Å². The number of Topliss-reactive ketones (excluding diaryl/α,β-unsaturated/α-hetero) is 1. The molecule has 178 valence electrons. The van der Waals surface area contributed by atoms with Crippen LogP contribution in [0.5, 0.6) is 0 Å². The second kappa shape index (κ2) is 8.42. The maximum atomic E-state index is 12.1. The molecule has 11 atom stereocenters. The van der Waals surface area contributed by atoms with E-state index < -0.39 is 12.2 Å². The first-order valence-electron chi connectivity index (χ1n) is 13.4. The van der Waals surface area contributed by atoms with E-state index in [0.717, 1.165) is 37.0 Å². The molecule has 0 heterocycles. The number of carbonyl (C=O) groups is 1. The van der Waals surface area contributed by atoms with Gasteiger partial charge in [-0.3, -0.25) is 4.79 Å². The summed E-state index contributed by atoms with van der Waals surface area (Å²) in [5.41, 5.74) is 0.653. The molecular weight excluding hydrogens is 384 g/mol. The van der Waals surface area contributed by atoms with Crippen molar-refractivity contribution in [2.45, 2.75) is 112 Å². The van der Waals surface area contributed by atoms with E-state index in [1.54, 1.807) is 0 Å². The maximum Gasteiger partial charge on any atom is 0.133 e. The van der Waals surface area contributed by atoms with Crippen molar-refractivity contribution in [1.82, 2.24) is 0 Å². The Morgan fingerprint density at radius 3 is 2.19 bits per heavy atom. The molecule has 0 saturated heterocycles. The van der Waals surface area contributed by atoms with Gasteiger partial charge in [0.1, 0.15) is 5.78 Å². The lowest BCUT2D eigenvalue weighted by molar-refractivity contribution is -0.143. The molecule has 0 aromatic heterocycles. The van der Waals surface area contributed by atoms with Crippen LogP contribution in [-0.2, 0) is 4.79 Å². The number of fused-ring (bicyclic) bond motifs is 5. The van der Waals surface area contributed by atoms with Crippen molar-refractivity contribution in [1.29, 1.82) is 0 Å². The third kappa shape index (κ3) is 3.74. The molecule has 0 unspecified atom stereocenters. The van der Waals surface area contributed by atoms with Crippen molar-refractivity contribution in [3.8, 4) is 0 Å². The molecule has 0 amide bonds. The van der Waals surface area contributed by atoms with Gasteiger partial charge in [0.15, 0.2) is 0 Å². The zero-order valence-electron chi connectivity index (χ0n) is 20.9. The summed E-state index contributed by atoms with van der Waals surface area (Å²) in [5, 5.41) is 22.0. The summed E-state index contributed by atoms with van der Waals surface area (Å²) in [6.07, 6.45) is 9.05. The average Bonchev–Trinajstić information content (AvgIpc) is 3.09. The number of hydrogen-bond donors (Lipinski definition) is 2. The molecule has 0 radical (unpaired) electrons. The van der Waals surface area contributed by atoms with Crippen molar-refractivity contribution >= 4 is 5.78 Å². The van der Waals surface area contributed by atoms with Crippen LogP contribution in [0, 0.1) is 58.2 Å². The van der Waals surface area contributed by atoms with E-state index in [1.807, 2.05) is 0 Å². The lowest BCUT2D eigenvalue weighted by Crippen LogP contribution is -2.54. The number of rotatable bonds is 5. The van der Waals surface area contributed by atoms with Gasteiger partial charge < -0.3 is 10.2 Å². The van der Waals surface area contributed by atoms with Crippen molar-refractivity contribution in [3.05, 3.63) is 0 Å². The van der Waals surface area contributed by atoms with Crippen molar-refractivity contribution in [3.63, 3.8) is 0 Å². The quantitative estimate of drug-likeness (QED) is 0.572. The lowest BCUT2D eigenvalue weighted by Gasteiger charge is -2.60. The predicted octanol–water partition coefficient (Wildman–Crippen LogP) is 5.86. The van der Waals surface area contributed by atoms with Crippen LogP contribution < -0.4 is 0 Å². The van der Waals surface area contributed by atoms with Gasteiger partial charge in [-0.15, -0.1) is 0 Å².